The van der Waals surface area contributed by atoms with Crippen LogP contribution in [0.3, 0.4) is 0 Å². The van der Waals surface area contributed by atoms with E-state index in [-0.39, 0.29) is 12.4 Å². The highest BCUT2D eigenvalue weighted by Crippen LogP contribution is 2.31. The molecule has 0 saturated heterocycles. The van der Waals surface area contributed by atoms with E-state index in [0.29, 0.717) is 22.6 Å². The summed E-state index contributed by atoms with van der Waals surface area (Å²) in [5.41, 5.74) is 1.14. The number of carbonyl (C=O) groups is 2. The molecule has 0 amide bonds. The van der Waals surface area contributed by atoms with Crippen molar-refractivity contribution in [1.29, 1.82) is 0 Å². The minimum absolute atomic E-state index is 0.276. The van der Waals surface area contributed by atoms with E-state index in [1.807, 2.05) is 6.07 Å². The fraction of sp³-hybridized carbons (Fsp3) is 0.158. The third-order valence-corrected chi connectivity index (χ3v) is 3.82. The quantitative estimate of drug-likeness (QED) is 0.397. The third-order valence-electron chi connectivity index (χ3n) is 3.32. The molecular formula is C19H17BrO5. The highest BCUT2D eigenvalue weighted by Gasteiger charge is 2.10. The highest BCUT2D eigenvalue weighted by molar-refractivity contribution is 9.10. The Morgan fingerprint density at radius 3 is 2.52 bits per heavy atom. The van der Waals surface area contributed by atoms with Gasteiger partial charge in [-0.3, -0.25) is 4.79 Å². The van der Waals surface area contributed by atoms with Crippen LogP contribution in [0.4, 0.5) is 0 Å². The number of halogens is 1. The molecule has 25 heavy (non-hydrogen) atoms. The van der Waals surface area contributed by atoms with E-state index in [4.69, 9.17) is 14.2 Å². The van der Waals surface area contributed by atoms with Gasteiger partial charge in [-0.05, 0) is 24.3 Å². The van der Waals surface area contributed by atoms with Crippen molar-refractivity contribution in [1.82, 2.24) is 0 Å². The molecule has 0 bridgehead atoms. The number of rotatable bonds is 7. The average molecular weight is 405 g/mol. The molecule has 130 valence electrons. The monoisotopic (exact) mass is 404 g/mol. The summed E-state index contributed by atoms with van der Waals surface area (Å²) in [7, 11) is 3.05. The van der Waals surface area contributed by atoms with Gasteiger partial charge in [0.2, 0.25) is 0 Å². The zero-order valence-corrected chi connectivity index (χ0v) is 15.4. The third kappa shape index (κ3) is 5.19. The number of hydrogen-bond acceptors (Lipinski definition) is 5. The second kappa shape index (κ2) is 9.03. The lowest BCUT2D eigenvalue weighted by Gasteiger charge is -2.09. The fourth-order valence-corrected chi connectivity index (χ4v) is 2.53. The van der Waals surface area contributed by atoms with Crippen LogP contribution in [-0.4, -0.2) is 32.6 Å². The molecule has 0 heterocycles. The van der Waals surface area contributed by atoms with Crippen molar-refractivity contribution in [2.75, 3.05) is 20.8 Å². The number of benzene rings is 2. The van der Waals surface area contributed by atoms with Crippen LogP contribution < -0.4 is 9.47 Å². The van der Waals surface area contributed by atoms with Gasteiger partial charge in [-0.2, -0.15) is 0 Å². The van der Waals surface area contributed by atoms with Gasteiger partial charge in [0.1, 0.15) is 0 Å². The summed E-state index contributed by atoms with van der Waals surface area (Å²) in [6.07, 6.45) is 2.79. The Bertz CT molecular complexity index is 798. The van der Waals surface area contributed by atoms with E-state index in [1.54, 1.807) is 42.5 Å². The smallest absolute Gasteiger partial charge is 0.331 e. The Morgan fingerprint density at radius 1 is 1.08 bits per heavy atom. The number of Topliss-reactive ketones (excluding diaryl/α,β-unsaturated/α-hetero) is 1. The van der Waals surface area contributed by atoms with Crippen molar-refractivity contribution in [2.45, 2.75) is 0 Å². The van der Waals surface area contributed by atoms with Crippen LogP contribution in [0, 0.1) is 0 Å². The summed E-state index contributed by atoms with van der Waals surface area (Å²) in [5.74, 6) is 0.178. The molecule has 5 nitrogen and oxygen atoms in total. The maximum absolute atomic E-state index is 12.0. The maximum atomic E-state index is 12.0. The standard InChI is InChI=1S/C19H17BrO5/c1-23-17-8-4-5-13(19(17)24-2)9-10-18(22)25-12-16(21)14-6-3-7-15(20)11-14/h3-11H,12H2,1-2H3/b10-9+. The van der Waals surface area contributed by atoms with Crippen LogP contribution in [0.2, 0.25) is 0 Å². The lowest BCUT2D eigenvalue weighted by atomic mass is 10.1. The van der Waals surface area contributed by atoms with Crippen LogP contribution in [0.15, 0.2) is 53.0 Å². The predicted octanol–water partition coefficient (Wildman–Crippen LogP) is 3.91. The summed E-state index contributed by atoms with van der Waals surface area (Å²) in [6.45, 7) is -0.325. The van der Waals surface area contributed by atoms with Crippen LogP contribution in [0.1, 0.15) is 15.9 Å². The van der Waals surface area contributed by atoms with E-state index >= 15 is 0 Å². The summed E-state index contributed by atoms with van der Waals surface area (Å²) < 4.78 is 16.3. The zero-order chi connectivity index (χ0) is 18.2. The number of methoxy groups -OCH3 is 2. The van der Waals surface area contributed by atoms with Gasteiger partial charge < -0.3 is 14.2 Å². The largest absolute Gasteiger partial charge is 0.493 e. The normalized spacial score (nSPS) is 10.5. The molecular weight excluding hydrogens is 388 g/mol. The minimum Gasteiger partial charge on any atom is -0.493 e. The Kier molecular flexibility index (Phi) is 6.77. The van der Waals surface area contributed by atoms with Crippen LogP contribution >= 0.6 is 15.9 Å². The van der Waals surface area contributed by atoms with Crippen LogP contribution in [-0.2, 0) is 9.53 Å². The van der Waals surface area contributed by atoms with E-state index in [9.17, 15) is 9.59 Å². The van der Waals surface area contributed by atoms with E-state index in [1.165, 1.54) is 20.3 Å². The second-order valence-electron chi connectivity index (χ2n) is 4.96. The maximum Gasteiger partial charge on any atom is 0.331 e. The second-order valence-corrected chi connectivity index (χ2v) is 5.87. The molecule has 0 atom stereocenters. The van der Waals surface area contributed by atoms with E-state index in [2.05, 4.69) is 15.9 Å². The summed E-state index contributed by atoms with van der Waals surface area (Å²) in [6, 6.07) is 12.2. The molecule has 0 radical (unpaired) electrons. The molecule has 0 spiro atoms. The van der Waals surface area contributed by atoms with Crippen molar-refractivity contribution >= 4 is 33.8 Å². The number of ketones is 1. The molecule has 0 aromatic heterocycles. The lowest BCUT2D eigenvalue weighted by molar-refractivity contribution is -0.136. The van der Waals surface area contributed by atoms with Crippen molar-refractivity contribution in [3.8, 4) is 11.5 Å². The molecule has 0 aliphatic rings. The first-order valence-corrected chi connectivity index (χ1v) is 8.19. The van der Waals surface area contributed by atoms with E-state index in [0.717, 1.165) is 4.47 Å². The lowest BCUT2D eigenvalue weighted by Crippen LogP contribution is -2.12. The Hall–Kier alpha value is -2.60. The highest BCUT2D eigenvalue weighted by atomic mass is 79.9. The first-order valence-electron chi connectivity index (χ1n) is 7.39. The SMILES string of the molecule is COc1cccc(/C=C/C(=O)OCC(=O)c2cccc(Br)c2)c1OC. The summed E-state index contributed by atoms with van der Waals surface area (Å²) in [5, 5.41) is 0. The van der Waals surface area contributed by atoms with Crippen molar-refractivity contribution in [3.05, 3.63) is 64.1 Å². The Balaban J connectivity index is 1.98. The molecule has 0 unspecified atom stereocenters. The molecule has 0 aliphatic heterocycles. The summed E-state index contributed by atoms with van der Waals surface area (Å²) >= 11 is 3.29. The summed E-state index contributed by atoms with van der Waals surface area (Å²) in [4.78, 5) is 23.8. The molecule has 2 aromatic rings. The molecule has 2 aromatic carbocycles. The molecule has 0 saturated carbocycles. The predicted molar refractivity (Wildman–Crippen MR) is 98.0 cm³/mol. The minimum atomic E-state index is -0.617. The first kappa shape index (κ1) is 18.7. The van der Waals surface area contributed by atoms with Gasteiger partial charge in [0.15, 0.2) is 23.9 Å². The molecule has 0 N–H and O–H groups in total. The molecule has 0 fully saturated rings. The van der Waals surface area contributed by atoms with Crippen molar-refractivity contribution < 1.29 is 23.8 Å². The molecule has 0 aliphatic carbocycles. The van der Waals surface area contributed by atoms with Gasteiger partial charge in [-0.15, -0.1) is 0 Å². The van der Waals surface area contributed by atoms with Gasteiger partial charge in [-0.25, -0.2) is 4.79 Å². The fourth-order valence-electron chi connectivity index (χ4n) is 2.13. The number of para-hydroxylation sites is 1. The van der Waals surface area contributed by atoms with Crippen molar-refractivity contribution in [3.63, 3.8) is 0 Å². The van der Waals surface area contributed by atoms with Gasteiger partial charge in [0.25, 0.3) is 0 Å². The van der Waals surface area contributed by atoms with Gasteiger partial charge in [-0.1, -0.05) is 40.2 Å². The van der Waals surface area contributed by atoms with Crippen LogP contribution in [0.25, 0.3) is 6.08 Å². The molecule has 6 heteroatoms. The van der Waals surface area contributed by atoms with Crippen molar-refractivity contribution in [2.24, 2.45) is 0 Å². The number of ether oxygens (including phenoxy) is 3. The van der Waals surface area contributed by atoms with Gasteiger partial charge >= 0.3 is 5.97 Å². The number of carbonyl (C=O) groups excluding carboxylic acids is 2. The molecule has 2 rings (SSSR count). The Labute approximate surface area is 154 Å². The van der Waals surface area contributed by atoms with Gasteiger partial charge in [0.05, 0.1) is 14.2 Å². The first-order chi connectivity index (χ1) is 12.0. The topological polar surface area (TPSA) is 61.8 Å². The number of hydrogen-bond donors (Lipinski definition) is 0. The zero-order valence-electron chi connectivity index (χ0n) is 13.8. The van der Waals surface area contributed by atoms with Gasteiger partial charge in [0, 0.05) is 21.7 Å². The average Bonchev–Trinajstić information content (AvgIpc) is 2.63. The van der Waals surface area contributed by atoms with Crippen LogP contribution in [0.5, 0.6) is 11.5 Å². The van der Waals surface area contributed by atoms with E-state index < -0.39 is 5.97 Å². The Morgan fingerprint density at radius 2 is 1.84 bits per heavy atom. The number of esters is 1.